The van der Waals surface area contributed by atoms with Crippen LogP contribution in [0.3, 0.4) is 0 Å². The second-order valence-electron chi connectivity index (χ2n) is 6.73. The molecule has 0 aliphatic carbocycles. The number of nitrogens with zero attached hydrogens (tertiary/aromatic N) is 3. The standard InChI is InChI=1S/C23H21N3O3S/c1-16-6-3-4-8-20(16)22-24-25-23(26(22)14-19-7-5-13-29-19)30-15-21(27)17-9-11-18(28-2)12-10-17/h3-13H,14-15H2,1-2H3. The van der Waals surface area contributed by atoms with E-state index >= 15 is 0 Å². The summed E-state index contributed by atoms with van der Waals surface area (Å²) in [5.41, 5.74) is 2.75. The summed E-state index contributed by atoms with van der Waals surface area (Å²) >= 11 is 1.37. The van der Waals surface area contributed by atoms with Crippen LogP contribution in [-0.4, -0.2) is 33.4 Å². The largest absolute Gasteiger partial charge is 0.497 e. The number of furan rings is 1. The lowest BCUT2D eigenvalue weighted by Crippen LogP contribution is -2.07. The molecule has 2 aromatic heterocycles. The second kappa shape index (κ2) is 9.00. The molecule has 0 N–H and O–H groups in total. The normalized spacial score (nSPS) is 10.9. The van der Waals surface area contributed by atoms with Gasteiger partial charge in [0.05, 0.1) is 25.7 Å². The van der Waals surface area contributed by atoms with Crippen LogP contribution in [0.5, 0.6) is 5.75 Å². The van der Waals surface area contributed by atoms with E-state index in [4.69, 9.17) is 9.15 Å². The molecule has 0 aliphatic heterocycles. The lowest BCUT2D eigenvalue weighted by Gasteiger charge is -2.10. The molecular formula is C23H21N3O3S. The van der Waals surface area contributed by atoms with Gasteiger partial charge >= 0.3 is 0 Å². The highest BCUT2D eigenvalue weighted by Gasteiger charge is 2.18. The molecule has 4 rings (SSSR count). The van der Waals surface area contributed by atoms with Crippen molar-refractivity contribution in [2.75, 3.05) is 12.9 Å². The number of Topliss-reactive ketones (excluding diaryl/α,β-unsaturated/α-hetero) is 1. The van der Waals surface area contributed by atoms with Gasteiger partial charge in [0.15, 0.2) is 16.8 Å². The lowest BCUT2D eigenvalue weighted by molar-refractivity contribution is 0.102. The summed E-state index contributed by atoms with van der Waals surface area (Å²) in [4.78, 5) is 12.6. The highest BCUT2D eigenvalue weighted by Crippen LogP contribution is 2.28. The third-order valence-corrected chi connectivity index (χ3v) is 5.71. The van der Waals surface area contributed by atoms with Gasteiger partial charge in [-0.2, -0.15) is 0 Å². The van der Waals surface area contributed by atoms with Crippen LogP contribution in [0, 0.1) is 6.92 Å². The van der Waals surface area contributed by atoms with Gasteiger partial charge in [-0.15, -0.1) is 10.2 Å². The van der Waals surface area contributed by atoms with E-state index in [1.165, 1.54) is 11.8 Å². The summed E-state index contributed by atoms with van der Waals surface area (Å²) in [6, 6.07) is 18.9. The zero-order valence-corrected chi connectivity index (χ0v) is 17.6. The minimum Gasteiger partial charge on any atom is -0.497 e. The first-order valence-electron chi connectivity index (χ1n) is 9.47. The minimum atomic E-state index is 0.0210. The Labute approximate surface area is 178 Å². The maximum Gasteiger partial charge on any atom is 0.192 e. The van der Waals surface area contributed by atoms with Crippen LogP contribution < -0.4 is 4.74 Å². The van der Waals surface area contributed by atoms with Crippen molar-refractivity contribution in [2.45, 2.75) is 18.6 Å². The molecule has 7 heteroatoms. The number of hydrogen-bond donors (Lipinski definition) is 0. The fourth-order valence-corrected chi connectivity index (χ4v) is 3.94. The van der Waals surface area contributed by atoms with E-state index in [-0.39, 0.29) is 11.5 Å². The van der Waals surface area contributed by atoms with E-state index in [0.29, 0.717) is 17.3 Å². The van der Waals surface area contributed by atoms with E-state index in [1.54, 1.807) is 37.6 Å². The molecule has 0 saturated heterocycles. The van der Waals surface area contributed by atoms with Crippen LogP contribution in [0.2, 0.25) is 0 Å². The molecule has 0 atom stereocenters. The molecule has 4 aromatic rings. The Balaban J connectivity index is 1.59. The van der Waals surface area contributed by atoms with E-state index in [2.05, 4.69) is 10.2 Å². The van der Waals surface area contributed by atoms with Gasteiger partial charge in [-0.3, -0.25) is 9.36 Å². The van der Waals surface area contributed by atoms with Crippen LogP contribution >= 0.6 is 11.8 Å². The highest BCUT2D eigenvalue weighted by atomic mass is 32.2. The molecule has 0 spiro atoms. The number of ketones is 1. The van der Waals surface area contributed by atoms with Crippen molar-refractivity contribution < 1.29 is 13.9 Å². The molecule has 30 heavy (non-hydrogen) atoms. The SMILES string of the molecule is COc1ccc(C(=O)CSc2nnc(-c3ccccc3C)n2Cc2ccco2)cc1. The first kappa shape index (κ1) is 20.0. The molecule has 2 heterocycles. The van der Waals surface area contributed by atoms with Crippen molar-refractivity contribution in [1.82, 2.24) is 14.8 Å². The first-order valence-corrected chi connectivity index (χ1v) is 10.5. The molecule has 0 unspecified atom stereocenters. The maximum absolute atomic E-state index is 12.6. The zero-order valence-electron chi connectivity index (χ0n) is 16.7. The quantitative estimate of drug-likeness (QED) is 0.299. The fraction of sp³-hybridized carbons (Fsp3) is 0.174. The molecular weight excluding hydrogens is 398 g/mol. The summed E-state index contributed by atoms with van der Waals surface area (Å²) in [6.45, 7) is 2.53. The molecule has 0 radical (unpaired) electrons. The summed E-state index contributed by atoms with van der Waals surface area (Å²) in [5.74, 6) is 2.56. The molecule has 2 aromatic carbocycles. The zero-order chi connectivity index (χ0) is 20.9. The number of rotatable bonds is 8. The van der Waals surface area contributed by atoms with E-state index in [9.17, 15) is 4.79 Å². The number of ether oxygens (including phenoxy) is 1. The van der Waals surface area contributed by atoms with Crippen molar-refractivity contribution in [2.24, 2.45) is 0 Å². The predicted octanol–water partition coefficient (Wildman–Crippen LogP) is 4.88. The van der Waals surface area contributed by atoms with Crippen LogP contribution in [0.4, 0.5) is 0 Å². The molecule has 6 nitrogen and oxygen atoms in total. The molecule has 0 bridgehead atoms. The number of hydrogen-bond acceptors (Lipinski definition) is 6. The summed E-state index contributed by atoms with van der Waals surface area (Å²) in [7, 11) is 1.60. The van der Waals surface area contributed by atoms with Crippen LogP contribution in [0.1, 0.15) is 21.7 Å². The Hall–Kier alpha value is -3.32. The second-order valence-corrected chi connectivity index (χ2v) is 7.67. The van der Waals surface area contributed by atoms with Crippen LogP contribution in [0.25, 0.3) is 11.4 Å². The maximum atomic E-state index is 12.6. The van der Waals surface area contributed by atoms with Gasteiger partial charge in [0.25, 0.3) is 0 Å². The van der Waals surface area contributed by atoms with Crippen molar-refractivity contribution in [3.8, 4) is 17.1 Å². The van der Waals surface area contributed by atoms with E-state index in [0.717, 1.165) is 28.5 Å². The smallest absolute Gasteiger partial charge is 0.192 e. The Bertz CT molecular complexity index is 1130. The number of methoxy groups -OCH3 is 1. The Kier molecular flexibility index (Phi) is 5.99. The summed E-state index contributed by atoms with van der Waals surface area (Å²) in [5, 5.41) is 9.47. The Morgan fingerprint density at radius 2 is 1.87 bits per heavy atom. The monoisotopic (exact) mass is 419 g/mol. The fourth-order valence-electron chi connectivity index (χ4n) is 3.11. The molecule has 0 amide bonds. The van der Waals surface area contributed by atoms with Crippen LogP contribution in [-0.2, 0) is 6.54 Å². The van der Waals surface area contributed by atoms with Gasteiger partial charge in [-0.1, -0.05) is 36.0 Å². The van der Waals surface area contributed by atoms with Gasteiger partial charge in [-0.05, 0) is 48.9 Å². The molecule has 0 aliphatic rings. The van der Waals surface area contributed by atoms with Gasteiger partial charge in [0, 0.05) is 11.1 Å². The molecule has 152 valence electrons. The minimum absolute atomic E-state index is 0.0210. The predicted molar refractivity (Wildman–Crippen MR) is 116 cm³/mol. The molecule has 0 fully saturated rings. The third kappa shape index (κ3) is 4.31. The average molecular weight is 420 g/mol. The summed E-state index contributed by atoms with van der Waals surface area (Å²) < 4.78 is 12.7. The number of thioether (sulfide) groups is 1. The van der Waals surface area contributed by atoms with Crippen molar-refractivity contribution in [1.29, 1.82) is 0 Å². The van der Waals surface area contributed by atoms with Crippen molar-refractivity contribution in [3.05, 3.63) is 83.8 Å². The summed E-state index contributed by atoms with van der Waals surface area (Å²) in [6.07, 6.45) is 1.65. The van der Waals surface area contributed by atoms with E-state index in [1.807, 2.05) is 47.9 Å². The van der Waals surface area contributed by atoms with Crippen molar-refractivity contribution >= 4 is 17.5 Å². The Morgan fingerprint density at radius 1 is 1.07 bits per heavy atom. The average Bonchev–Trinajstić information content (AvgIpc) is 3.43. The van der Waals surface area contributed by atoms with Gasteiger partial charge < -0.3 is 9.15 Å². The lowest BCUT2D eigenvalue weighted by atomic mass is 10.1. The number of carbonyl (C=O) groups excluding carboxylic acids is 1. The molecule has 0 saturated carbocycles. The van der Waals surface area contributed by atoms with Crippen molar-refractivity contribution in [3.63, 3.8) is 0 Å². The van der Waals surface area contributed by atoms with Gasteiger partial charge in [0.2, 0.25) is 0 Å². The number of carbonyl (C=O) groups is 1. The Morgan fingerprint density at radius 3 is 2.57 bits per heavy atom. The van der Waals surface area contributed by atoms with Gasteiger partial charge in [-0.25, -0.2) is 0 Å². The highest BCUT2D eigenvalue weighted by molar-refractivity contribution is 7.99. The van der Waals surface area contributed by atoms with Gasteiger partial charge in [0.1, 0.15) is 11.5 Å². The number of aromatic nitrogens is 3. The number of aryl methyl sites for hydroxylation is 1. The van der Waals surface area contributed by atoms with Crippen LogP contribution in [0.15, 0.2) is 76.5 Å². The van der Waals surface area contributed by atoms with E-state index < -0.39 is 0 Å². The topological polar surface area (TPSA) is 70.2 Å². The third-order valence-electron chi connectivity index (χ3n) is 4.74. The first-order chi connectivity index (χ1) is 14.7. The number of benzene rings is 2.